The third-order valence-corrected chi connectivity index (χ3v) is 12.6. The highest BCUT2D eigenvalue weighted by atomic mass is 32.2. The van der Waals surface area contributed by atoms with Gasteiger partial charge in [0.25, 0.3) is 0 Å². The Morgan fingerprint density at radius 1 is 1.00 bits per heavy atom. The summed E-state index contributed by atoms with van der Waals surface area (Å²) in [6.45, 7) is 9.22. The SMILES string of the molecule is CN1CCCC2CN(C3NC(n4ccc(OCCC(C5CC5)C5CC5)n4)CCC3CNSC3CCCC1N3)C(C)(C)C2. The van der Waals surface area contributed by atoms with Gasteiger partial charge in [-0.05, 0) is 135 Å². The lowest BCUT2D eigenvalue weighted by atomic mass is 9.90. The molecule has 236 valence electrons. The lowest BCUT2D eigenvalue weighted by Gasteiger charge is -2.47. The Hall–Kier alpha value is -0.840. The molecule has 7 rings (SSSR count). The molecule has 42 heavy (non-hydrogen) atoms. The zero-order valence-corrected chi connectivity index (χ0v) is 27.3. The molecular formula is C33H57N7OS. The second-order valence-electron chi connectivity index (χ2n) is 15.3. The Labute approximate surface area is 258 Å². The van der Waals surface area contributed by atoms with Crippen LogP contribution in [0.2, 0.25) is 0 Å². The standard InChI is InChI=1S/C33H57N7OS/c1-33(2)20-23-6-5-17-38(3)28-7-4-8-31(35-28)42-34-21-26-13-14-29(36-32(26)39(33)22-23)40-18-15-30(37-40)41-19-16-27(24-9-10-24)25-11-12-25/h15,18,23-29,31-32,34-36H,4-14,16-17,19-22H2,1-3H3. The van der Waals surface area contributed by atoms with E-state index >= 15 is 0 Å². The van der Waals surface area contributed by atoms with Crippen molar-refractivity contribution >= 4 is 11.9 Å². The Balaban J connectivity index is 1.01. The highest BCUT2D eigenvalue weighted by Gasteiger charge is 2.46. The minimum Gasteiger partial charge on any atom is -0.477 e. The van der Waals surface area contributed by atoms with Crippen LogP contribution in [0.15, 0.2) is 12.3 Å². The molecule has 0 radical (unpaired) electrons. The molecule has 2 saturated carbocycles. The van der Waals surface area contributed by atoms with Gasteiger partial charge >= 0.3 is 0 Å². The fraction of sp³-hybridized carbons (Fsp3) is 0.909. The fourth-order valence-corrected chi connectivity index (χ4v) is 9.97. The van der Waals surface area contributed by atoms with Crippen molar-refractivity contribution < 1.29 is 4.74 Å². The molecule has 9 heteroatoms. The van der Waals surface area contributed by atoms with Crippen LogP contribution in [0, 0.1) is 29.6 Å². The van der Waals surface area contributed by atoms with Crippen molar-refractivity contribution in [3.05, 3.63) is 12.3 Å². The minimum absolute atomic E-state index is 0.203. The molecule has 0 aromatic carbocycles. The van der Waals surface area contributed by atoms with E-state index < -0.39 is 0 Å². The summed E-state index contributed by atoms with van der Waals surface area (Å²) in [4.78, 5) is 5.41. The third kappa shape index (κ3) is 7.02. The number of hydrogen-bond donors (Lipinski definition) is 3. The molecule has 3 N–H and O–H groups in total. The average Bonchev–Trinajstić information content (AvgIpc) is 3.92. The topological polar surface area (TPSA) is 69.6 Å². The first-order valence-corrected chi connectivity index (χ1v) is 18.4. The van der Waals surface area contributed by atoms with Crippen LogP contribution in [0.5, 0.6) is 5.88 Å². The summed E-state index contributed by atoms with van der Waals surface area (Å²) >= 11 is 1.94. The van der Waals surface area contributed by atoms with Gasteiger partial charge in [-0.2, -0.15) is 0 Å². The lowest BCUT2D eigenvalue weighted by Crippen LogP contribution is -2.60. The quantitative estimate of drug-likeness (QED) is 0.360. The van der Waals surface area contributed by atoms with Crippen LogP contribution in [0.1, 0.15) is 103 Å². The van der Waals surface area contributed by atoms with Crippen molar-refractivity contribution in [1.29, 1.82) is 0 Å². The van der Waals surface area contributed by atoms with Crippen molar-refractivity contribution in [1.82, 2.24) is 34.9 Å². The molecule has 5 heterocycles. The molecule has 6 fully saturated rings. The Kier molecular flexibility index (Phi) is 9.15. The van der Waals surface area contributed by atoms with Gasteiger partial charge in [-0.3, -0.25) is 29.8 Å². The molecule has 1 aromatic heterocycles. The van der Waals surface area contributed by atoms with E-state index in [0.717, 1.165) is 49.1 Å². The van der Waals surface area contributed by atoms with Gasteiger partial charge in [-0.15, -0.1) is 5.10 Å². The van der Waals surface area contributed by atoms with E-state index in [0.29, 0.717) is 23.6 Å². The third-order valence-electron chi connectivity index (χ3n) is 11.6. The maximum absolute atomic E-state index is 6.23. The highest BCUT2D eigenvalue weighted by Crippen LogP contribution is 2.50. The molecule has 1 aromatic rings. The Morgan fingerprint density at radius 3 is 2.64 bits per heavy atom. The molecule has 4 bridgehead atoms. The second-order valence-corrected chi connectivity index (χ2v) is 16.4. The number of hydrogen-bond acceptors (Lipinski definition) is 8. The first kappa shape index (κ1) is 29.8. The molecule has 4 aliphatic heterocycles. The maximum atomic E-state index is 6.23. The summed E-state index contributed by atoms with van der Waals surface area (Å²) in [6, 6.07) is 2.09. The summed E-state index contributed by atoms with van der Waals surface area (Å²) in [5.74, 6) is 5.03. The number of piperidine rings is 2. The number of aromatic nitrogens is 2. The predicted molar refractivity (Wildman–Crippen MR) is 171 cm³/mol. The van der Waals surface area contributed by atoms with Crippen molar-refractivity contribution in [3.8, 4) is 5.88 Å². The van der Waals surface area contributed by atoms with Crippen LogP contribution in [0.4, 0.5) is 0 Å². The van der Waals surface area contributed by atoms with E-state index in [1.165, 1.54) is 90.1 Å². The maximum Gasteiger partial charge on any atom is 0.232 e. The Morgan fingerprint density at radius 2 is 1.83 bits per heavy atom. The molecule has 0 amide bonds. The molecule has 7 unspecified atom stereocenters. The largest absolute Gasteiger partial charge is 0.477 e. The van der Waals surface area contributed by atoms with Crippen molar-refractivity contribution in [2.24, 2.45) is 29.6 Å². The average molecular weight is 600 g/mol. The summed E-state index contributed by atoms with van der Waals surface area (Å²) < 4.78 is 12.2. The smallest absolute Gasteiger partial charge is 0.232 e. The van der Waals surface area contributed by atoms with Crippen LogP contribution >= 0.6 is 11.9 Å². The number of ether oxygens (including phenoxy) is 1. The van der Waals surface area contributed by atoms with Gasteiger partial charge in [0, 0.05) is 36.8 Å². The van der Waals surface area contributed by atoms with Crippen molar-refractivity contribution in [2.75, 3.05) is 33.3 Å². The highest BCUT2D eigenvalue weighted by molar-refractivity contribution is 7.98. The zero-order valence-electron chi connectivity index (χ0n) is 26.5. The van der Waals surface area contributed by atoms with E-state index in [1.54, 1.807) is 0 Å². The van der Waals surface area contributed by atoms with Gasteiger partial charge in [-0.1, -0.05) is 11.9 Å². The Bertz CT molecular complexity index is 1020. The molecule has 2 aliphatic carbocycles. The predicted octanol–water partition coefficient (Wildman–Crippen LogP) is 5.40. The van der Waals surface area contributed by atoms with Crippen LogP contribution in [0.3, 0.4) is 0 Å². The molecule has 8 nitrogen and oxygen atoms in total. The molecular weight excluding hydrogens is 542 g/mol. The number of nitrogens with one attached hydrogen (secondary N) is 3. The molecule has 4 saturated heterocycles. The molecule has 7 atom stereocenters. The summed E-state index contributed by atoms with van der Waals surface area (Å²) in [5, 5.41) is 13.5. The van der Waals surface area contributed by atoms with Crippen LogP contribution in [0.25, 0.3) is 0 Å². The van der Waals surface area contributed by atoms with E-state index in [1.807, 2.05) is 11.9 Å². The number of nitrogens with zero attached hydrogens (tertiary/aromatic N) is 4. The van der Waals surface area contributed by atoms with Crippen LogP contribution < -0.4 is 20.1 Å². The van der Waals surface area contributed by atoms with Gasteiger partial charge in [0.15, 0.2) is 0 Å². The van der Waals surface area contributed by atoms with Gasteiger partial charge in [0.05, 0.1) is 24.3 Å². The van der Waals surface area contributed by atoms with Crippen LogP contribution in [-0.4, -0.2) is 76.1 Å². The minimum atomic E-state index is 0.203. The normalized spacial score (nSPS) is 38.0. The van der Waals surface area contributed by atoms with Crippen LogP contribution in [-0.2, 0) is 0 Å². The van der Waals surface area contributed by atoms with Crippen molar-refractivity contribution in [2.45, 2.75) is 127 Å². The van der Waals surface area contributed by atoms with Gasteiger partial charge in [-0.25, -0.2) is 0 Å². The molecule has 6 aliphatic rings. The fourth-order valence-electron chi connectivity index (χ4n) is 8.95. The van der Waals surface area contributed by atoms with E-state index in [9.17, 15) is 0 Å². The summed E-state index contributed by atoms with van der Waals surface area (Å²) in [5.41, 5.74) is 0.203. The van der Waals surface area contributed by atoms with Crippen molar-refractivity contribution in [3.63, 3.8) is 0 Å². The monoisotopic (exact) mass is 599 g/mol. The van der Waals surface area contributed by atoms with E-state index in [-0.39, 0.29) is 11.7 Å². The zero-order chi connectivity index (χ0) is 28.7. The number of fused-ring (bicyclic) bond motifs is 6. The lowest BCUT2D eigenvalue weighted by molar-refractivity contribution is 0.00921. The van der Waals surface area contributed by atoms with Gasteiger partial charge < -0.3 is 4.74 Å². The first-order valence-electron chi connectivity index (χ1n) is 17.5. The molecule has 0 spiro atoms. The summed E-state index contributed by atoms with van der Waals surface area (Å²) in [7, 11) is 2.32. The first-order chi connectivity index (χ1) is 20.4. The summed E-state index contributed by atoms with van der Waals surface area (Å²) in [6.07, 6.45) is 20.3. The van der Waals surface area contributed by atoms with E-state index in [2.05, 4.69) is 63.0 Å². The van der Waals surface area contributed by atoms with Gasteiger partial charge in [0.2, 0.25) is 5.88 Å². The van der Waals surface area contributed by atoms with E-state index in [4.69, 9.17) is 9.84 Å². The second kappa shape index (κ2) is 12.9. The van der Waals surface area contributed by atoms with Gasteiger partial charge in [0.1, 0.15) is 6.17 Å². The number of rotatable bonds is 7.